The Bertz CT molecular complexity index is 196. The fourth-order valence-corrected chi connectivity index (χ4v) is 0.641. The topological polar surface area (TPSA) is 132 Å². The Morgan fingerprint density at radius 1 is 1.21 bits per heavy atom. The number of carboxylic acid groups (broad SMARTS) is 2. The molecule has 0 spiro atoms. The average molecular weight is 227 g/mol. The first-order valence-electron chi connectivity index (χ1n) is 3.63. The molecule has 0 bridgehead atoms. The van der Waals surface area contributed by atoms with Crippen molar-refractivity contribution in [3.8, 4) is 0 Å². The molecular weight excluding hydrogens is 215 g/mol. The third-order valence-corrected chi connectivity index (χ3v) is 1.17. The number of carbonyl (C=O) groups is 2. The Morgan fingerprint density at radius 2 is 1.50 bits per heavy atom. The number of aliphatic carboxylic acids is 2. The average Bonchev–Trinajstić information content (AvgIpc) is 1.97. The van der Waals surface area contributed by atoms with Crippen molar-refractivity contribution in [2.75, 3.05) is 0 Å². The molecule has 0 saturated heterocycles. The van der Waals surface area contributed by atoms with Crippen molar-refractivity contribution in [1.82, 2.24) is 0 Å². The second-order valence-electron chi connectivity index (χ2n) is 2.27. The quantitative estimate of drug-likeness (QED) is 0.398. The zero-order valence-corrected chi connectivity index (χ0v) is 8.35. The van der Waals surface area contributed by atoms with Crippen LogP contribution in [-0.4, -0.2) is 31.9 Å². The Balaban J connectivity index is 0. The molecule has 0 fully saturated rings. The van der Waals surface area contributed by atoms with Crippen LogP contribution in [0.15, 0.2) is 0 Å². The van der Waals surface area contributed by atoms with Gasteiger partial charge in [-0.15, -0.1) is 9.79 Å². The smallest absolute Gasteiger partial charge is 0.481 e. The van der Waals surface area contributed by atoms with Crippen LogP contribution in [0.25, 0.3) is 0 Å². The van der Waals surface area contributed by atoms with Gasteiger partial charge in [0.2, 0.25) is 0 Å². The largest absolute Gasteiger partial charge is 0.692 e. The van der Waals surface area contributed by atoms with E-state index in [4.69, 9.17) is 24.6 Å². The van der Waals surface area contributed by atoms with Crippen LogP contribution < -0.4 is 0 Å². The van der Waals surface area contributed by atoms with E-state index in [0.29, 0.717) is 6.42 Å². The molecule has 0 aliphatic heterocycles. The molecule has 8 heteroatoms. The molecule has 82 valence electrons. The Labute approximate surface area is 80.9 Å². The van der Waals surface area contributed by atoms with Crippen molar-refractivity contribution in [2.45, 2.75) is 19.8 Å². The Hall–Kier alpha value is -1.04. The summed E-state index contributed by atoms with van der Waals surface area (Å²) in [5.74, 6) is -3.74. The van der Waals surface area contributed by atoms with Crippen LogP contribution in [0.2, 0.25) is 0 Å². The fourth-order valence-electron chi connectivity index (χ4n) is 0.641. The van der Waals surface area contributed by atoms with Crippen LogP contribution in [0.1, 0.15) is 19.8 Å². The Kier molecular flexibility index (Phi) is 9.43. The molecule has 0 amide bonds. The van der Waals surface area contributed by atoms with Crippen LogP contribution in [0.3, 0.4) is 0 Å². The van der Waals surface area contributed by atoms with Gasteiger partial charge in [0.05, 0.1) is 0 Å². The third-order valence-electron chi connectivity index (χ3n) is 1.17. The van der Waals surface area contributed by atoms with Gasteiger partial charge in [0.25, 0.3) is 0 Å². The van der Waals surface area contributed by atoms with Crippen molar-refractivity contribution in [3.63, 3.8) is 0 Å². The van der Waals surface area contributed by atoms with E-state index >= 15 is 0 Å². The van der Waals surface area contributed by atoms with Gasteiger partial charge in [-0.25, -0.2) is 0 Å². The minimum absolute atomic E-state index is 0.199. The van der Waals surface area contributed by atoms with Gasteiger partial charge >= 0.3 is 20.2 Å². The van der Waals surface area contributed by atoms with Crippen LogP contribution in [0.5, 0.6) is 0 Å². The second kappa shape index (κ2) is 8.55. The maximum atomic E-state index is 10.2. The van der Waals surface area contributed by atoms with E-state index in [1.54, 1.807) is 6.92 Å². The van der Waals surface area contributed by atoms with E-state index in [2.05, 4.69) is 0 Å². The highest BCUT2D eigenvalue weighted by Gasteiger charge is 2.23. The summed E-state index contributed by atoms with van der Waals surface area (Å²) in [6.07, 6.45) is 0.772. The lowest BCUT2D eigenvalue weighted by Crippen LogP contribution is -2.22. The van der Waals surface area contributed by atoms with E-state index in [9.17, 15) is 9.59 Å². The molecule has 0 aliphatic carbocycles. The van der Waals surface area contributed by atoms with Crippen molar-refractivity contribution in [3.05, 3.63) is 0 Å². The highest BCUT2D eigenvalue weighted by Crippen LogP contribution is 2.05. The molecule has 0 aromatic heterocycles. The fraction of sp³-hybridized carbons (Fsp3) is 0.667. The van der Waals surface area contributed by atoms with E-state index in [-0.39, 0.29) is 6.42 Å². The van der Waals surface area contributed by atoms with Gasteiger partial charge in [0.1, 0.15) is 0 Å². The molecule has 0 aliphatic rings. The highest BCUT2D eigenvalue weighted by molar-refractivity contribution is 7.30. The van der Waals surface area contributed by atoms with E-state index in [1.807, 2.05) is 0 Å². The zero-order valence-electron chi connectivity index (χ0n) is 7.45. The van der Waals surface area contributed by atoms with Crippen LogP contribution >= 0.6 is 8.25 Å². The van der Waals surface area contributed by atoms with Crippen LogP contribution in [-0.2, 0) is 14.2 Å². The minimum Gasteiger partial charge on any atom is -0.481 e. The molecule has 0 saturated carbocycles. The van der Waals surface area contributed by atoms with Gasteiger partial charge in [-0.05, 0) is 6.42 Å². The van der Waals surface area contributed by atoms with Gasteiger partial charge in [-0.2, -0.15) is 0 Å². The van der Waals surface area contributed by atoms with Gasteiger partial charge in [0.15, 0.2) is 5.92 Å². The molecule has 0 rings (SSSR count). The normalized spacial score (nSPS) is 8.86. The zero-order chi connectivity index (χ0) is 11.7. The van der Waals surface area contributed by atoms with Crippen molar-refractivity contribution in [2.24, 2.45) is 5.92 Å². The second-order valence-corrected chi connectivity index (χ2v) is 2.78. The van der Waals surface area contributed by atoms with E-state index < -0.39 is 26.1 Å². The maximum absolute atomic E-state index is 10.2. The molecule has 7 nitrogen and oxygen atoms in total. The maximum Gasteiger partial charge on any atom is 0.692 e. The van der Waals surface area contributed by atoms with Crippen molar-refractivity contribution < 1.29 is 34.2 Å². The summed E-state index contributed by atoms with van der Waals surface area (Å²) < 4.78 is 8.70. The predicted octanol–water partition coefficient (Wildman–Crippen LogP) is 0.200. The number of carboxylic acids is 2. The summed E-state index contributed by atoms with van der Waals surface area (Å²) in [5.41, 5.74) is 0. The lowest BCUT2D eigenvalue weighted by molar-refractivity contribution is -0.154. The monoisotopic (exact) mass is 227 g/mol. The summed E-state index contributed by atoms with van der Waals surface area (Å²) in [4.78, 5) is 34.5. The van der Waals surface area contributed by atoms with Gasteiger partial charge in [0, 0.05) is 4.57 Å². The van der Waals surface area contributed by atoms with E-state index in [0.717, 1.165) is 0 Å². The number of hydrogen-bond donors (Lipinski definition) is 4. The first-order chi connectivity index (χ1) is 6.32. The third kappa shape index (κ3) is 11.0. The van der Waals surface area contributed by atoms with Gasteiger partial charge < -0.3 is 10.2 Å². The molecule has 0 aromatic rings. The predicted molar refractivity (Wildman–Crippen MR) is 45.7 cm³/mol. The summed E-state index contributed by atoms with van der Waals surface area (Å²) >= 11 is 0. The first kappa shape index (κ1) is 15.4. The van der Waals surface area contributed by atoms with Gasteiger partial charge in [-0.1, -0.05) is 13.3 Å². The summed E-state index contributed by atoms with van der Waals surface area (Å²) in [7, 11) is -2.87. The molecule has 14 heavy (non-hydrogen) atoms. The van der Waals surface area contributed by atoms with Crippen molar-refractivity contribution in [1.29, 1.82) is 0 Å². The summed E-state index contributed by atoms with van der Waals surface area (Å²) in [6.45, 7) is 1.75. The first-order valence-corrected chi connectivity index (χ1v) is 4.80. The number of rotatable bonds is 4. The molecule has 0 heterocycles. The lowest BCUT2D eigenvalue weighted by Gasteiger charge is -2.02. The van der Waals surface area contributed by atoms with Crippen molar-refractivity contribution >= 4 is 20.2 Å². The number of hydrogen-bond acceptors (Lipinski definition) is 3. The summed E-state index contributed by atoms with van der Waals surface area (Å²) in [5, 5.41) is 16.6. The molecule has 0 radical (unpaired) electrons. The summed E-state index contributed by atoms with van der Waals surface area (Å²) in [6, 6.07) is 0. The molecule has 0 unspecified atom stereocenters. The minimum atomic E-state index is -2.87. The Morgan fingerprint density at radius 3 is 1.57 bits per heavy atom. The highest BCUT2D eigenvalue weighted by atomic mass is 31.1. The van der Waals surface area contributed by atoms with Gasteiger partial charge in [-0.3, -0.25) is 9.59 Å². The lowest BCUT2D eigenvalue weighted by atomic mass is 10.1. The molecule has 4 N–H and O–H groups in total. The SMILES string of the molecule is CCCC(C(=O)O)C(=O)O.O=[P+](O)O. The van der Waals surface area contributed by atoms with Crippen LogP contribution in [0.4, 0.5) is 0 Å². The van der Waals surface area contributed by atoms with E-state index in [1.165, 1.54) is 0 Å². The molecule has 0 aromatic carbocycles. The molecule has 0 atom stereocenters. The van der Waals surface area contributed by atoms with Crippen LogP contribution in [0, 0.1) is 5.92 Å². The molecular formula is C6H12O7P+. The standard InChI is InChI=1S/C6H10O4.HO3P/c1-2-3-4(5(7)8)6(9)10;1-4(2)3/h4H,2-3H2,1H3,(H,7,8)(H,9,10);(H-,1,2,3)/p+1.